The summed E-state index contributed by atoms with van der Waals surface area (Å²) in [5, 5.41) is 9.59. The van der Waals surface area contributed by atoms with E-state index in [-0.39, 0.29) is 0 Å². The van der Waals surface area contributed by atoms with Gasteiger partial charge in [0.1, 0.15) is 0 Å². The van der Waals surface area contributed by atoms with E-state index in [0.717, 1.165) is 16.5 Å². The number of para-hydroxylation sites is 1. The number of hydrazone groups is 1. The van der Waals surface area contributed by atoms with Crippen molar-refractivity contribution >= 4 is 63.3 Å². The van der Waals surface area contributed by atoms with E-state index in [1.165, 1.54) is 0 Å². The molecule has 3 aromatic rings. The Bertz CT molecular complexity index is 889. The molecular weight excluding hydrogens is 351 g/mol. The van der Waals surface area contributed by atoms with Gasteiger partial charge < -0.3 is 10.3 Å². The highest BCUT2D eigenvalue weighted by Crippen LogP contribution is 2.25. The second-order valence-corrected chi connectivity index (χ2v) is 5.99. The molecule has 3 N–H and O–H groups in total. The summed E-state index contributed by atoms with van der Waals surface area (Å²) in [5.74, 6) is 0. The minimum atomic E-state index is 0.338. The third-order valence-corrected chi connectivity index (χ3v) is 3.91. The van der Waals surface area contributed by atoms with Crippen LogP contribution in [0.15, 0.2) is 53.8 Å². The number of H-pyrrole nitrogens is 1. The zero-order valence-corrected chi connectivity index (χ0v) is 14.1. The fourth-order valence-corrected chi connectivity index (χ4v) is 2.72. The van der Waals surface area contributed by atoms with Gasteiger partial charge >= 0.3 is 0 Å². The highest BCUT2D eigenvalue weighted by Gasteiger charge is 2.03. The van der Waals surface area contributed by atoms with Gasteiger partial charge in [-0.1, -0.05) is 41.4 Å². The number of hydrogen-bond donors (Lipinski definition) is 3. The van der Waals surface area contributed by atoms with Gasteiger partial charge in [-0.3, -0.25) is 5.43 Å². The number of rotatable bonds is 3. The van der Waals surface area contributed by atoms with Crippen LogP contribution in [0.4, 0.5) is 5.69 Å². The quantitative estimate of drug-likeness (QED) is 0.356. The summed E-state index contributed by atoms with van der Waals surface area (Å²) < 4.78 is 0. The van der Waals surface area contributed by atoms with E-state index in [2.05, 4.69) is 20.8 Å². The van der Waals surface area contributed by atoms with Crippen molar-refractivity contribution in [3.8, 4) is 0 Å². The fraction of sp³-hybridized carbons (Fsp3) is 0. The predicted molar refractivity (Wildman–Crippen MR) is 102 cm³/mol. The van der Waals surface area contributed by atoms with Crippen LogP contribution in [0.1, 0.15) is 5.56 Å². The minimum absolute atomic E-state index is 0.338. The van der Waals surface area contributed by atoms with Crippen molar-refractivity contribution in [1.29, 1.82) is 0 Å². The largest absolute Gasteiger partial charge is 0.361 e. The molecule has 0 unspecified atom stereocenters. The molecule has 4 nitrogen and oxygen atoms in total. The molecule has 0 saturated carbocycles. The maximum atomic E-state index is 6.08. The smallest absolute Gasteiger partial charge is 0.191 e. The third-order valence-electron chi connectivity index (χ3n) is 3.17. The van der Waals surface area contributed by atoms with E-state index < -0.39 is 0 Å². The molecule has 116 valence electrons. The van der Waals surface area contributed by atoms with E-state index in [1.54, 1.807) is 24.4 Å². The topological polar surface area (TPSA) is 52.2 Å². The lowest BCUT2D eigenvalue weighted by molar-refractivity contribution is 1.05. The van der Waals surface area contributed by atoms with Crippen LogP contribution in [-0.4, -0.2) is 16.3 Å². The second kappa shape index (κ2) is 7.00. The minimum Gasteiger partial charge on any atom is -0.361 e. The maximum Gasteiger partial charge on any atom is 0.191 e. The Morgan fingerprint density at radius 2 is 2.00 bits per heavy atom. The standard InChI is InChI=1S/C16H12Cl2N4S/c17-11-5-6-15(13(18)7-11)21-16(23)22-20-9-10-8-19-14-4-2-1-3-12(10)14/h1-9,19H,(H2,21,22,23)/b20-9-. The van der Waals surface area contributed by atoms with Gasteiger partial charge in [0.25, 0.3) is 0 Å². The lowest BCUT2D eigenvalue weighted by Crippen LogP contribution is -2.24. The van der Waals surface area contributed by atoms with Crippen LogP contribution in [0.2, 0.25) is 10.0 Å². The molecule has 0 aliphatic heterocycles. The van der Waals surface area contributed by atoms with E-state index in [4.69, 9.17) is 35.4 Å². The predicted octanol–water partition coefficient (Wildman–Crippen LogP) is 4.80. The molecule has 0 fully saturated rings. The number of anilines is 1. The first kappa shape index (κ1) is 15.8. The summed E-state index contributed by atoms with van der Waals surface area (Å²) in [7, 11) is 0. The lowest BCUT2D eigenvalue weighted by atomic mass is 10.2. The molecule has 0 bridgehead atoms. The monoisotopic (exact) mass is 362 g/mol. The Morgan fingerprint density at radius 3 is 2.83 bits per heavy atom. The van der Waals surface area contributed by atoms with Crippen molar-refractivity contribution < 1.29 is 0 Å². The van der Waals surface area contributed by atoms with Crippen LogP contribution in [0, 0.1) is 0 Å². The number of benzene rings is 2. The first-order chi connectivity index (χ1) is 11.1. The molecule has 1 aromatic heterocycles. The normalized spacial score (nSPS) is 11.0. The van der Waals surface area contributed by atoms with Crippen LogP contribution >= 0.6 is 35.4 Å². The SMILES string of the molecule is S=C(N/N=C\c1c[nH]c2ccccc12)Nc1ccc(Cl)cc1Cl. The van der Waals surface area contributed by atoms with Crippen LogP contribution in [0.3, 0.4) is 0 Å². The van der Waals surface area contributed by atoms with E-state index >= 15 is 0 Å². The first-order valence-electron chi connectivity index (χ1n) is 6.75. The third kappa shape index (κ3) is 3.82. The van der Waals surface area contributed by atoms with E-state index in [0.29, 0.717) is 20.8 Å². The average molecular weight is 363 g/mol. The Hall–Kier alpha value is -2.08. The number of nitrogens with one attached hydrogen (secondary N) is 3. The van der Waals surface area contributed by atoms with Gasteiger partial charge in [-0.15, -0.1) is 0 Å². The number of fused-ring (bicyclic) bond motifs is 1. The summed E-state index contributed by atoms with van der Waals surface area (Å²) in [5.41, 5.74) is 5.45. The highest BCUT2D eigenvalue weighted by atomic mass is 35.5. The summed E-state index contributed by atoms with van der Waals surface area (Å²) in [4.78, 5) is 3.18. The average Bonchev–Trinajstić information content (AvgIpc) is 2.94. The fourth-order valence-electron chi connectivity index (χ4n) is 2.10. The van der Waals surface area contributed by atoms with Crippen molar-refractivity contribution in [2.75, 3.05) is 5.32 Å². The Kier molecular flexibility index (Phi) is 4.81. The number of aromatic amines is 1. The molecule has 3 rings (SSSR count). The number of hydrogen-bond acceptors (Lipinski definition) is 2. The zero-order chi connectivity index (χ0) is 16.2. The van der Waals surface area contributed by atoms with Gasteiger partial charge in [0.2, 0.25) is 0 Å². The molecule has 7 heteroatoms. The Morgan fingerprint density at radius 1 is 1.17 bits per heavy atom. The van der Waals surface area contributed by atoms with Crippen molar-refractivity contribution in [2.45, 2.75) is 0 Å². The summed E-state index contributed by atoms with van der Waals surface area (Å²) in [6, 6.07) is 13.1. The number of aromatic nitrogens is 1. The van der Waals surface area contributed by atoms with Gasteiger partial charge in [0.05, 0.1) is 16.9 Å². The maximum absolute atomic E-state index is 6.08. The van der Waals surface area contributed by atoms with Crippen molar-refractivity contribution in [1.82, 2.24) is 10.4 Å². The molecule has 0 saturated heterocycles. The Balaban J connectivity index is 1.64. The summed E-state index contributed by atoms with van der Waals surface area (Å²) in [6.07, 6.45) is 3.60. The highest BCUT2D eigenvalue weighted by molar-refractivity contribution is 7.80. The molecule has 0 amide bonds. The van der Waals surface area contributed by atoms with Crippen LogP contribution in [0.25, 0.3) is 10.9 Å². The number of nitrogens with zero attached hydrogens (tertiary/aromatic N) is 1. The molecule has 0 aliphatic carbocycles. The second-order valence-electron chi connectivity index (χ2n) is 4.74. The van der Waals surface area contributed by atoms with Crippen LogP contribution < -0.4 is 10.7 Å². The number of thiocarbonyl (C=S) groups is 1. The van der Waals surface area contributed by atoms with Crippen molar-refractivity contribution in [2.24, 2.45) is 5.10 Å². The van der Waals surface area contributed by atoms with Crippen molar-refractivity contribution in [3.63, 3.8) is 0 Å². The molecule has 0 spiro atoms. The molecule has 0 atom stereocenters. The van der Waals surface area contributed by atoms with Gasteiger partial charge in [0.15, 0.2) is 5.11 Å². The molecule has 0 radical (unpaired) electrons. The van der Waals surface area contributed by atoms with Gasteiger partial charge in [-0.05, 0) is 36.5 Å². The molecule has 2 aromatic carbocycles. The van der Waals surface area contributed by atoms with Crippen molar-refractivity contribution in [3.05, 3.63) is 64.3 Å². The van der Waals surface area contributed by atoms with Gasteiger partial charge in [-0.2, -0.15) is 5.10 Å². The number of halogens is 2. The lowest BCUT2D eigenvalue weighted by Gasteiger charge is -2.08. The van der Waals surface area contributed by atoms with Gasteiger partial charge in [0, 0.05) is 27.7 Å². The van der Waals surface area contributed by atoms with E-state index in [9.17, 15) is 0 Å². The first-order valence-corrected chi connectivity index (χ1v) is 7.91. The Labute approximate surface area is 148 Å². The van der Waals surface area contributed by atoms with E-state index in [1.807, 2.05) is 30.5 Å². The van der Waals surface area contributed by atoms with Gasteiger partial charge in [-0.25, -0.2) is 0 Å². The van der Waals surface area contributed by atoms with Crippen LogP contribution in [0.5, 0.6) is 0 Å². The molecular formula is C16H12Cl2N4S. The summed E-state index contributed by atoms with van der Waals surface area (Å²) >= 11 is 17.1. The zero-order valence-electron chi connectivity index (χ0n) is 11.8. The van der Waals surface area contributed by atoms with Crippen LogP contribution in [-0.2, 0) is 0 Å². The summed E-state index contributed by atoms with van der Waals surface area (Å²) in [6.45, 7) is 0. The molecule has 0 aliphatic rings. The molecule has 23 heavy (non-hydrogen) atoms. The molecule has 1 heterocycles.